The average Bonchev–Trinajstić information content (AvgIpc) is 3.10. The molecule has 0 atom stereocenters. The van der Waals surface area contributed by atoms with Crippen LogP contribution in [0.5, 0.6) is 11.5 Å². The molecular formula is C20H11ClF3N3O4. The van der Waals surface area contributed by atoms with E-state index in [-0.39, 0.29) is 23.1 Å². The molecule has 0 aliphatic rings. The van der Waals surface area contributed by atoms with Crippen LogP contribution >= 0.6 is 11.6 Å². The Kier molecular flexibility index (Phi) is 5.15. The van der Waals surface area contributed by atoms with Gasteiger partial charge in [-0.1, -0.05) is 11.6 Å². The Bertz CT molecular complexity index is 1290. The van der Waals surface area contributed by atoms with Crippen LogP contribution in [-0.4, -0.2) is 21.0 Å². The van der Waals surface area contributed by atoms with Gasteiger partial charge in [0, 0.05) is 24.0 Å². The number of hydrogen-bond acceptors (Lipinski definition) is 6. The van der Waals surface area contributed by atoms with E-state index in [1.54, 1.807) is 12.1 Å². The number of nitrogens with one attached hydrogen (secondary N) is 1. The van der Waals surface area contributed by atoms with E-state index < -0.39 is 22.7 Å². The summed E-state index contributed by atoms with van der Waals surface area (Å²) in [7, 11) is 0. The molecule has 4 aromatic rings. The van der Waals surface area contributed by atoms with Crippen molar-refractivity contribution in [1.29, 1.82) is 0 Å². The third-order valence-corrected chi connectivity index (χ3v) is 4.40. The van der Waals surface area contributed by atoms with Crippen molar-refractivity contribution in [3.8, 4) is 11.5 Å². The number of alkyl halides is 3. The number of carboxylic acid groups (broad SMARTS) is 1. The molecule has 0 unspecified atom stereocenters. The Morgan fingerprint density at radius 3 is 2.61 bits per heavy atom. The summed E-state index contributed by atoms with van der Waals surface area (Å²) >= 11 is 5.62. The van der Waals surface area contributed by atoms with Gasteiger partial charge in [0.2, 0.25) is 0 Å². The van der Waals surface area contributed by atoms with Gasteiger partial charge in [-0.3, -0.25) is 0 Å². The number of fused-ring (bicyclic) bond motifs is 1. The minimum absolute atomic E-state index is 0.0281. The summed E-state index contributed by atoms with van der Waals surface area (Å²) < 4.78 is 50.2. The Morgan fingerprint density at radius 1 is 1.10 bits per heavy atom. The van der Waals surface area contributed by atoms with Gasteiger partial charge >= 0.3 is 12.1 Å². The van der Waals surface area contributed by atoms with E-state index in [4.69, 9.17) is 25.9 Å². The highest BCUT2D eigenvalue weighted by atomic mass is 35.5. The Labute approximate surface area is 177 Å². The summed E-state index contributed by atoms with van der Waals surface area (Å²) in [5, 5.41) is 11.3. The number of pyridine rings is 1. The van der Waals surface area contributed by atoms with Gasteiger partial charge in [0.05, 0.1) is 10.6 Å². The van der Waals surface area contributed by atoms with Crippen LogP contribution in [0.4, 0.5) is 24.9 Å². The van der Waals surface area contributed by atoms with Gasteiger partial charge < -0.3 is 19.6 Å². The fourth-order valence-corrected chi connectivity index (χ4v) is 2.92. The van der Waals surface area contributed by atoms with Gasteiger partial charge in [0.15, 0.2) is 11.3 Å². The van der Waals surface area contributed by atoms with Gasteiger partial charge in [-0.25, -0.2) is 9.78 Å². The van der Waals surface area contributed by atoms with Crippen LogP contribution in [0.1, 0.15) is 16.1 Å². The van der Waals surface area contributed by atoms with Crippen LogP contribution in [0.25, 0.3) is 11.1 Å². The second-order valence-electron chi connectivity index (χ2n) is 6.25. The lowest BCUT2D eigenvalue weighted by atomic mass is 10.2. The van der Waals surface area contributed by atoms with Crippen molar-refractivity contribution in [3.05, 3.63) is 71.0 Å². The largest absolute Gasteiger partial charge is 0.477 e. The van der Waals surface area contributed by atoms with Crippen molar-refractivity contribution in [2.75, 3.05) is 5.32 Å². The van der Waals surface area contributed by atoms with Crippen LogP contribution in [0, 0.1) is 0 Å². The molecule has 11 heteroatoms. The van der Waals surface area contributed by atoms with E-state index in [1.807, 2.05) is 0 Å². The number of aromatic nitrogens is 2. The fraction of sp³-hybridized carbons (Fsp3) is 0.0500. The van der Waals surface area contributed by atoms with Gasteiger partial charge in [-0.15, -0.1) is 0 Å². The molecule has 0 saturated carbocycles. The molecule has 0 aliphatic carbocycles. The number of nitrogens with zero attached hydrogens (tertiary/aromatic N) is 2. The minimum atomic E-state index is -4.60. The van der Waals surface area contributed by atoms with Gasteiger partial charge in [-0.05, 0) is 36.4 Å². The third-order valence-electron chi connectivity index (χ3n) is 4.07. The quantitative estimate of drug-likeness (QED) is 0.378. The van der Waals surface area contributed by atoms with Crippen molar-refractivity contribution < 1.29 is 32.2 Å². The maximum atomic E-state index is 13.0. The van der Waals surface area contributed by atoms with Crippen LogP contribution in [0.2, 0.25) is 5.02 Å². The van der Waals surface area contributed by atoms with Crippen LogP contribution in [0.3, 0.4) is 0 Å². The summed E-state index contributed by atoms with van der Waals surface area (Å²) in [5.74, 6) is -0.584. The molecular weight excluding hydrogens is 439 g/mol. The van der Waals surface area contributed by atoms with Gasteiger partial charge in [-0.2, -0.15) is 18.2 Å². The lowest BCUT2D eigenvalue weighted by Gasteiger charge is -2.10. The Balaban J connectivity index is 1.57. The topological polar surface area (TPSA) is 97.5 Å². The highest BCUT2D eigenvalue weighted by Gasteiger charge is 2.33. The predicted molar refractivity (Wildman–Crippen MR) is 105 cm³/mol. The maximum absolute atomic E-state index is 13.0. The average molecular weight is 450 g/mol. The molecule has 0 radical (unpaired) electrons. The molecule has 0 bridgehead atoms. The molecule has 0 aliphatic heterocycles. The first-order valence-corrected chi connectivity index (χ1v) is 8.98. The zero-order valence-corrected chi connectivity index (χ0v) is 16.0. The molecule has 0 saturated heterocycles. The second kappa shape index (κ2) is 7.80. The summed E-state index contributed by atoms with van der Waals surface area (Å²) in [6.45, 7) is 0. The normalized spacial score (nSPS) is 11.5. The maximum Gasteiger partial charge on any atom is 0.417 e. The molecule has 2 N–H and O–H groups in total. The van der Waals surface area contributed by atoms with Crippen molar-refractivity contribution >= 4 is 40.4 Å². The predicted octanol–water partition coefficient (Wildman–Crippen LogP) is 6.13. The van der Waals surface area contributed by atoms with E-state index >= 15 is 0 Å². The zero-order valence-electron chi connectivity index (χ0n) is 15.3. The van der Waals surface area contributed by atoms with Crippen LogP contribution in [-0.2, 0) is 6.18 Å². The number of anilines is 2. The first kappa shape index (κ1) is 20.5. The van der Waals surface area contributed by atoms with E-state index in [0.717, 1.165) is 12.1 Å². The number of oxazole rings is 1. The smallest absolute Gasteiger partial charge is 0.417 e. The number of benzene rings is 2. The lowest BCUT2D eigenvalue weighted by Crippen LogP contribution is -2.06. The molecule has 31 heavy (non-hydrogen) atoms. The number of halogens is 4. The van der Waals surface area contributed by atoms with Gasteiger partial charge in [0.25, 0.3) is 6.01 Å². The monoisotopic (exact) mass is 449 g/mol. The molecule has 2 heterocycles. The van der Waals surface area contributed by atoms with Crippen molar-refractivity contribution in [2.24, 2.45) is 0 Å². The molecule has 4 rings (SSSR count). The molecule has 0 spiro atoms. The number of aromatic carboxylic acids is 1. The number of carbonyl (C=O) groups is 1. The summed E-state index contributed by atoms with van der Waals surface area (Å²) in [4.78, 5) is 18.9. The zero-order chi connectivity index (χ0) is 22.2. The lowest BCUT2D eigenvalue weighted by molar-refractivity contribution is -0.137. The van der Waals surface area contributed by atoms with E-state index in [2.05, 4.69) is 15.3 Å². The standard InChI is InChI=1S/C20H11ClF3N3O4/c21-14-3-1-10(7-13(14)20(22,23)24)26-19-27-15-8-11(2-4-17(15)31-19)30-12-5-6-25-16(9-12)18(28)29/h1-9H,(H,26,27)(H,28,29). The molecule has 158 valence electrons. The number of rotatable bonds is 5. The molecule has 0 amide bonds. The highest BCUT2D eigenvalue weighted by molar-refractivity contribution is 6.31. The Hall–Kier alpha value is -3.79. The third kappa shape index (κ3) is 4.53. The number of hydrogen-bond donors (Lipinski definition) is 2. The molecule has 0 fully saturated rings. The van der Waals surface area contributed by atoms with Crippen LogP contribution in [0.15, 0.2) is 59.1 Å². The summed E-state index contributed by atoms with van der Waals surface area (Å²) in [5.41, 5.74) is -0.326. The molecule has 2 aromatic carbocycles. The van der Waals surface area contributed by atoms with Crippen molar-refractivity contribution in [3.63, 3.8) is 0 Å². The molecule has 7 nitrogen and oxygen atoms in total. The number of ether oxygens (including phenoxy) is 1. The first-order chi connectivity index (χ1) is 14.7. The highest BCUT2D eigenvalue weighted by Crippen LogP contribution is 2.37. The van der Waals surface area contributed by atoms with Gasteiger partial charge in [0.1, 0.15) is 17.0 Å². The minimum Gasteiger partial charge on any atom is -0.477 e. The van der Waals surface area contributed by atoms with E-state index in [0.29, 0.717) is 16.8 Å². The van der Waals surface area contributed by atoms with E-state index in [9.17, 15) is 18.0 Å². The number of carboxylic acids is 1. The summed E-state index contributed by atoms with van der Waals surface area (Å²) in [6.07, 6.45) is -3.30. The molecule has 2 aromatic heterocycles. The SMILES string of the molecule is O=C(O)c1cc(Oc2ccc3oc(Nc4ccc(Cl)c(C(F)(F)F)c4)nc3c2)ccn1. The van der Waals surface area contributed by atoms with Crippen molar-refractivity contribution in [2.45, 2.75) is 6.18 Å². The second-order valence-corrected chi connectivity index (χ2v) is 6.66. The van der Waals surface area contributed by atoms with E-state index in [1.165, 1.54) is 30.5 Å². The van der Waals surface area contributed by atoms with Crippen LogP contribution < -0.4 is 10.1 Å². The van der Waals surface area contributed by atoms with Crippen molar-refractivity contribution in [1.82, 2.24) is 9.97 Å². The summed E-state index contributed by atoms with van der Waals surface area (Å²) in [6, 6.07) is 10.7. The Morgan fingerprint density at radius 2 is 1.87 bits per heavy atom. The fourth-order valence-electron chi connectivity index (χ4n) is 2.70. The first-order valence-electron chi connectivity index (χ1n) is 8.60.